The number of aromatic amines is 1. The van der Waals surface area contributed by atoms with Gasteiger partial charge in [-0.1, -0.05) is 0 Å². The molecule has 1 aromatic carbocycles. The van der Waals surface area contributed by atoms with Crippen LogP contribution in [0.3, 0.4) is 0 Å². The number of nitrogens with one attached hydrogen (secondary N) is 1. The predicted octanol–water partition coefficient (Wildman–Crippen LogP) is 0.627. The molecule has 1 saturated heterocycles. The molecule has 0 bridgehead atoms. The monoisotopic (exact) mass is 231 g/mol. The van der Waals surface area contributed by atoms with E-state index < -0.39 is 0 Å². The summed E-state index contributed by atoms with van der Waals surface area (Å²) >= 11 is 0. The minimum Gasteiger partial charge on any atom is -0.396 e. The average molecular weight is 231 g/mol. The number of nitrogens with zero attached hydrogens (tertiary/aromatic N) is 2. The van der Waals surface area contributed by atoms with Crippen LogP contribution in [0.25, 0.3) is 11.0 Å². The number of amides is 1. The van der Waals surface area contributed by atoms with Gasteiger partial charge in [-0.3, -0.25) is 4.79 Å². The van der Waals surface area contributed by atoms with Crippen LogP contribution in [0.4, 0.5) is 0 Å². The van der Waals surface area contributed by atoms with Crippen molar-refractivity contribution in [2.45, 2.75) is 0 Å². The number of imidazole rings is 1. The summed E-state index contributed by atoms with van der Waals surface area (Å²) in [5, 5.41) is 8.92. The van der Waals surface area contributed by atoms with Crippen molar-refractivity contribution in [1.29, 1.82) is 0 Å². The Kier molecular flexibility index (Phi) is 2.33. The number of fused-ring (bicyclic) bond motifs is 1. The fraction of sp³-hybridized carbons (Fsp3) is 0.333. The lowest BCUT2D eigenvalue weighted by Crippen LogP contribution is -2.51. The Morgan fingerprint density at radius 2 is 2.35 bits per heavy atom. The summed E-state index contributed by atoms with van der Waals surface area (Å²) in [4.78, 5) is 20.9. The molecular weight excluding hydrogens is 218 g/mol. The van der Waals surface area contributed by atoms with Gasteiger partial charge in [0.1, 0.15) is 0 Å². The van der Waals surface area contributed by atoms with Gasteiger partial charge >= 0.3 is 0 Å². The minimum atomic E-state index is 0.0196. The largest absolute Gasteiger partial charge is 0.396 e. The van der Waals surface area contributed by atoms with E-state index in [4.69, 9.17) is 5.11 Å². The van der Waals surface area contributed by atoms with Gasteiger partial charge in [0.2, 0.25) is 0 Å². The number of rotatable bonds is 2. The topological polar surface area (TPSA) is 69.2 Å². The molecule has 1 amide bonds. The van der Waals surface area contributed by atoms with E-state index in [9.17, 15) is 4.79 Å². The first-order valence-electron chi connectivity index (χ1n) is 5.61. The fourth-order valence-corrected chi connectivity index (χ4v) is 2.10. The van der Waals surface area contributed by atoms with E-state index in [1.165, 1.54) is 0 Å². The smallest absolute Gasteiger partial charge is 0.253 e. The molecule has 5 nitrogen and oxygen atoms in total. The molecule has 1 aromatic heterocycles. The molecule has 5 heteroatoms. The maximum atomic E-state index is 12.1. The molecule has 1 aliphatic rings. The Morgan fingerprint density at radius 1 is 1.53 bits per heavy atom. The third-order valence-electron chi connectivity index (χ3n) is 3.17. The van der Waals surface area contributed by atoms with Crippen molar-refractivity contribution < 1.29 is 9.90 Å². The van der Waals surface area contributed by atoms with Gasteiger partial charge in [-0.15, -0.1) is 0 Å². The van der Waals surface area contributed by atoms with Crippen LogP contribution >= 0.6 is 0 Å². The molecule has 88 valence electrons. The van der Waals surface area contributed by atoms with Gasteiger partial charge in [0.25, 0.3) is 5.91 Å². The molecule has 2 heterocycles. The highest BCUT2D eigenvalue weighted by atomic mass is 16.3. The molecule has 0 spiro atoms. The molecule has 0 radical (unpaired) electrons. The number of carbonyl (C=O) groups excluding carboxylic acids is 1. The lowest BCUT2D eigenvalue weighted by Gasteiger charge is -2.38. The lowest BCUT2D eigenvalue weighted by molar-refractivity contribution is 0.0362. The van der Waals surface area contributed by atoms with Gasteiger partial charge < -0.3 is 15.0 Å². The van der Waals surface area contributed by atoms with Crippen LogP contribution in [0.2, 0.25) is 0 Å². The van der Waals surface area contributed by atoms with E-state index in [1.807, 2.05) is 12.1 Å². The second-order valence-electron chi connectivity index (χ2n) is 4.39. The highest BCUT2D eigenvalue weighted by Crippen LogP contribution is 2.19. The Bertz CT molecular complexity index is 558. The first-order valence-corrected chi connectivity index (χ1v) is 5.61. The molecule has 0 unspecified atom stereocenters. The number of hydrogen-bond donors (Lipinski definition) is 2. The third kappa shape index (κ3) is 1.68. The van der Waals surface area contributed by atoms with Crippen molar-refractivity contribution in [3.8, 4) is 0 Å². The number of carbonyl (C=O) groups is 1. The first-order chi connectivity index (χ1) is 8.28. The highest BCUT2D eigenvalue weighted by molar-refractivity contribution is 5.97. The molecular formula is C12H13N3O2. The quantitative estimate of drug-likeness (QED) is 0.796. The third-order valence-corrected chi connectivity index (χ3v) is 3.17. The summed E-state index contributed by atoms with van der Waals surface area (Å²) in [6, 6.07) is 5.44. The average Bonchev–Trinajstić information content (AvgIpc) is 2.74. The SMILES string of the molecule is O=C(c1ccc2nc[nH]c2c1)N1CC(CO)C1. The van der Waals surface area contributed by atoms with Crippen molar-refractivity contribution in [2.24, 2.45) is 5.92 Å². The Labute approximate surface area is 98.1 Å². The summed E-state index contributed by atoms with van der Waals surface area (Å²) in [6.45, 7) is 1.45. The predicted molar refractivity (Wildman–Crippen MR) is 62.6 cm³/mol. The molecule has 1 fully saturated rings. The van der Waals surface area contributed by atoms with E-state index in [1.54, 1.807) is 17.3 Å². The van der Waals surface area contributed by atoms with Gasteiger partial charge in [0.05, 0.1) is 17.4 Å². The lowest BCUT2D eigenvalue weighted by atomic mass is 10.00. The second-order valence-corrected chi connectivity index (χ2v) is 4.39. The fourth-order valence-electron chi connectivity index (χ4n) is 2.10. The van der Waals surface area contributed by atoms with Crippen molar-refractivity contribution in [2.75, 3.05) is 19.7 Å². The summed E-state index contributed by atoms with van der Waals surface area (Å²) < 4.78 is 0. The zero-order chi connectivity index (χ0) is 11.8. The Morgan fingerprint density at radius 3 is 3.12 bits per heavy atom. The van der Waals surface area contributed by atoms with Crippen LogP contribution in [-0.4, -0.2) is 45.6 Å². The van der Waals surface area contributed by atoms with Crippen LogP contribution in [-0.2, 0) is 0 Å². The van der Waals surface area contributed by atoms with Crippen LogP contribution in [0.15, 0.2) is 24.5 Å². The molecule has 2 N–H and O–H groups in total. The van der Waals surface area contributed by atoms with E-state index in [2.05, 4.69) is 9.97 Å². The zero-order valence-corrected chi connectivity index (χ0v) is 9.26. The first kappa shape index (κ1) is 10.3. The van der Waals surface area contributed by atoms with Gasteiger partial charge in [0, 0.05) is 31.2 Å². The van der Waals surface area contributed by atoms with E-state index in [0.29, 0.717) is 18.7 Å². The Balaban J connectivity index is 1.81. The summed E-state index contributed by atoms with van der Waals surface area (Å²) in [5.74, 6) is 0.265. The van der Waals surface area contributed by atoms with Gasteiger partial charge in [-0.05, 0) is 18.2 Å². The molecule has 0 atom stereocenters. The van der Waals surface area contributed by atoms with Crippen LogP contribution in [0.5, 0.6) is 0 Å². The highest BCUT2D eigenvalue weighted by Gasteiger charge is 2.30. The maximum absolute atomic E-state index is 12.1. The minimum absolute atomic E-state index is 0.0196. The van der Waals surface area contributed by atoms with Gasteiger partial charge in [-0.2, -0.15) is 0 Å². The Hall–Kier alpha value is -1.88. The van der Waals surface area contributed by atoms with Crippen molar-refractivity contribution >= 4 is 16.9 Å². The van der Waals surface area contributed by atoms with Gasteiger partial charge in [0.15, 0.2) is 0 Å². The van der Waals surface area contributed by atoms with Crippen LogP contribution < -0.4 is 0 Å². The normalized spacial score (nSPS) is 16.2. The number of H-pyrrole nitrogens is 1. The van der Waals surface area contributed by atoms with E-state index >= 15 is 0 Å². The van der Waals surface area contributed by atoms with E-state index in [0.717, 1.165) is 11.0 Å². The molecule has 17 heavy (non-hydrogen) atoms. The number of aliphatic hydroxyl groups excluding tert-OH is 1. The molecule has 0 aliphatic carbocycles. The standard InChI is InChI=1S/C12H13N3O2/c16-6-8-4-15(5-8)12(17)9-1-2-10-11(3-9)14-7-13-10/h1-3,7-8,16H,4-6H2,(H,13,14). The van der Waals surface area contributed by atoms with Crippen molar-refractivity contribution in [3.63, 3.8) is 0 Å². The molecule has 3 rings (SSSR count). The van der Waals surface area contributed by atoms with Crippen molar-refractivity contribution in [3.05, 3.63) is 30.1 Å². The zero-order valence-electron chi connectivity index (χ0n) is 9.26. The maximum Gasteiger partial charge on any atom is 0.253 e. The number of benzene rings is 1. The van der Waals surface area contributed by atoms with E-state index in [-0.39, 0.29) is 18.4 Å². The van der Waals surface area contributed by atoms with Gasteiger partial charge in [-0.25, -0.2) is 4.98 Å². The molecule has 2 aromatic rings. The molecule has 1 aliphatic heterocycles. The summed E-state index contributed by atoms with van der Waals surface area (Å²) in [6.07, 6.45) is 1.62. The summed E-state index contributed by atoms with van der Waals surface area (Å²) in [5.41, 5.74) is 2.40. The molecule has 0 saturated carbocycles. The van der Waals surface area contributed by atoms with Crippen LogP contribution in [0, 0.1) is 5.92 Å². The van der Waals surface area contributed by atoms with Crippen LogP contribution in [0.1, 0.15) is 10.4 Å². The second kappa shape index (κ2) is 3.85. The number of aromatic nitrogens is 2. The number of aliphatic hydroxyl groups is 1. The number of likely N-dealkylation sites (tertiary alicyclic amines) is 1. The summed E-state index contributed by atoms with van der Waals surface area (Å²) in [7, 11) is 0. The number of hydrogen-bond acceptors (Lipinski definition) is 3. The van der Waals surface area contributed by atoms with Crippen molar-refractivity contribution in [1.82, 2.24) is 14.9 Å².